The third kappa shape index (κ3) is 21.6. The van der Waals surface area contributed by atoms with Gasteiger partial charge in [0, 0.05) is 13.3 Å². The van der Waals surface area contributed by atoms with Crippen molar-refractivity contribution in [3.8, 4) is 0 Å². The highest BCUT2D eigenvalue weighted by Crippen LogP contribution is 2.35. The van der Waals surface area contributed by atoms with Gasteiger partial charge in [-0.1, -0.05) is 77.6 Å². The van der Waals surface area contributed by atoms with Crippen molar-refractivity contribution in [3.05, 3.63) is 0 Å². The van der Waals surface area contributed by atoms with Crippen LogP contribution in [0.1, 0.15) is 97.3 Å². The van der Waals surface area contributed by atoms with Crippen molar-refractivity contribution in [3.63, 3.8) is 0 Å². The minimum atomic E-state index is -4.69. The van der Waals surface area contributed by atoms with E-state index < -0.39 is 32.5 Å². The number of hydrogen-bond acceptors (Lipinski definition) is 6. The summed E-state index contributed by atoms with van der Waals surface area (Å²) in [5.74, 6) is -1.08. The Morgan fingerprint density at radius 3 is 1.76 bits per heavy atom. The summed E-state index contributed by atoms with van der Waals surface area (Å²) in [7, 11) is -4.69. The molecule has 2 N–H and O–H groups in total. The number of rotatable bonds is 19. The summed E-state index contributed by atoms with van der Waals surface area (Å²) < 4.78 is 25.0. The quantitative estimate of drug-likeness (QED) is 0.170. The predicted octanol–water partition coefficient (Wildman–Crippen LogP) is 4.66. The largest absolute Gasteiger partial charge is 0.469 e. The number of esters is 2. The second kappa shape index (κ2) is 17.9. The van der Waals surface area contributed by atoms with E-state index in [1.807, 2.05) is 0 Å². The molecule has 1 atom stereocenters. The van der Waals surface area contributed by atoms with E-state index in [4.69, 9.17) is 19.3 Å². The van der Waals surface area contributed by atoms with Gasteiger partial charge in [-0.25, -0.2) is 4.57 Å². The normalized spacial score (nSPS) is 12.6. The molecule has 0 amide bonds. The molecule has 0 aromatic carbocycles. The van der Waals surface area contributed by atoms with Crippen LogP contribution in [0.25, 0.3) is 0 Å². The van der Waals surface area contributed by atoms with Crippen LogP contribution in [0.15, 0.2) is 0 Å². The van der Waals surface area contributed by atoms with E-state index in [0.29, 0.717) is 6.42 Å². The van der Waals surface area contributed by atoms with E-state index >= 15 is 0 Å². The van der Waals surface area contributed by atoms with E-state index in [0.717, 1.165) is 19.3 Å². The van der Waals surface area contributed by atoms with E-state index in [2.05, 4.69) is 11.4 Å². The molecule has 0 bridgehead atoms. The third-order valence-electron chi connectivity index (χ3n) is 4.43. The van der Waals surface area contributed by atoms with Crippen LogP contribution in [0, 0.1) is 0 Å². The zero-order valence-corrected chi connectivity index (χ0v) is 18.9. The Balaban J connectivity index is 3.78. The fourth-order valence-electron chi connectivity index (χ4n) is 2.86. The maximum Gasteiger partial charge on any atom is 0.469 e. The van der Waals surface area contributed by atoms with Crippen LogP contribution in [0.3, 0.4) is 0 Å². The monoisotopic (exact) mass is 438 g/mol. The van der Waals surface area contributed by atoms with Crippen LogP contribution >= 0.6 is 7.82 Å². The molecule has 1 unspecified atom stereocenters. The smallest absolute Gasteiger partial charge is 0.462 e. The molecule has 0 heterocycles. The SMILES string of the molecule is CCCCCCCCCCCCCCC(=O)OC(COC(C)=O)COP(=O)(O)O. The first-order chi connectivity index (χ1) is 13.7. The molecule has 0 aliphatic carbocycles. The number of ether oxygens (including phenoxy) is 2. The topological polar surface area (TPSA) is 119 Å². The Kier molecular flexibility index (Phi) is 17.3. The molecular weight excluding hydrogens is 399 g/mol. The number of hydrogen-bond donors (Lipinski definition) is 2. The summed E-state index contributed by atoms with van der Waals surface area (Å²) in [4.78, 5) is 40.3. The van der Waals surface area contributed by atoms with Crippen LogP contribution in [0.2, 0.25) is 0 Å². The number of phosphoric acid groups is 1. The summed E-state index contributed by atoms with van der Waals surface area (Å²) >= 11 is 0. The summed E-state index contributed by atoms with van der Waals surface area (Å²) in [5, 5.41) is 0. The third-order valence-corrected chi connectivity index (χ3v) is 4.92. The van der Waals surface area contributed by atoms with Crippen molar-refractivity contribution >= 4 is 19.8 Å². The fraction of sp³-hybridized carbons (Fsp3) is 0.900. The van der Waals surface area contributed by atoms with Crippen LogP contribution in [0.4, 0.5) is 0 Å². The highest BCUT2D eigenvalue weighted by Gasteiger charge is 2.22. The minimum Gasteiger partial charge on any atom is -0.462 e. The molecule has 0 saturated carbocycles. The summed E-state index contributed by atoms with van der Waals surface area (Å²) in [6.45, 7) is 2.57. The molecule has 0 radical (unpaired) electrons. The van der Waals surface area contributed by atoms with E-state index in [1.54, 1.807) is 0 Å². The Hall–Kier alpha value is -0.950. The number of unbranched alkanes of at least 4 members (excludes halogenated alkanes) is 11. The van der Waals surface area contributed by atoms with E-state index in [9.17, 15) is 14.2 Å². The lowest BCUT2D eigenvalue weighted by Crippen LogP contribution is -2.29. The standard InChI is InChI=1S/C20H39O8P/c1-3-4-5-6-7-8-9-10-11-12-13-14-15-20(22)28-19(16-26-18(2)21)17-27-29(23,24)25/h19H,3-17H2,1-2H3,(H2,23,24,25). The van der Waals surface area contributed by atoms with Gasteiger partial charge in [0.25, 0.3) is 0 Å². The lowest BCUT2D eigenvalue weighted by molar-refractivity contribution is -0.160. The Bertz CT molecular complexity index is 477. The average Bonchev–Trinajstić information content (AvgIpc) is 2.64. The maximum atomic E-state index is 11.9. The molecule has 0 aromatic heterocycles. The van der Waals surface area contributed by atoms with Gasteiger partial charge in [-0.15, -0.1) is 0 Å². The molecule has 29 heavy (non-hydrogen) atoms. The van der Waals surface area contributed by atoms with Crippen molar-refractivity contribution in [2.75, 3.05) is 13.2 Å². The van der Waals surface area contributed by atoms with Gasteiger partial charge in [0.15, 0.2) is 6.10 Å². The molecule has 172 valence electrons. The molecular formula is C20H39O8P. The Morgan fingerprint density at radius 1 is 0.828 bits per heavy atom. The fourth-order valence-corrected chi connectivity index (χ4v) is 3.22. The molecule has 0 spiro atoms. The van der Waals surface area contributed by atoms with Crippen LogP contribution < -0.4 is 0 Å². The zero-order valence-electron chi connectivity index (χ0n) is 18.0. The van der Waals surface area contributed by atoms with Gasteiger partial charge in [-0.3, -0.25) is 14.1 Å². The predicted molar refractivity (Wildman–Crippen MR) is 110 cm³/mol. The van der Waals surface area contributed by atoms with Gasteiger partial charge in [0.05, 0.1) is 6.61 Å². The zero-order chi connectivity index (χ0) is 22.0. The van der Waals surface area contributed by atoms with Gasteiger partial charge in [0.1, 0.15) is 6.61 Å². The highest BCUT2D eigenvalue weighted by atomic mass is 31.2. The van der Waals surface area contributed by atoms with E-state index in [1.165, 1.54) is 58.3 Å². The second-order valence-electron chi connectivity index (χ2n) is 7.34. The molecule has 0 aromatic rings. The number of carbonyl (C=O) groups excluding carboxylic acids is 2. The Morgan fingerprint density at radius 2 is 1.31 bits per heavy atom. The molecule has 0 aliphatic heterocycles. The molecule has 0 aliphatic rings. The average molecular weight is 438 g/mol. The Labute approximate surface area is 174 Å². The lowest BCUT2D eigenvalue weighted by atomic mass is 10.0. The van der Waals surface area contributed by atoms with Crippen LogP contribution in [-0.2, 0) is 28.2 Å². The first kappa shape index (κ1) is 28.1. The van der Waals surface area contributed by atoms with Gasteiger partial charge in [-0.05, 0) is 6.42 Å². The van der Waals surface area contributed by atoms with Crippen LogP contribution in [0.5, 0.6) is 0 Å². The van der Waals surface area contributed by atoms with E-state index in [-0.39, 0.29) is 13.0 Å². The van der Waals surface area contributed by atoms with Crippen molar-refractivity contribution < 1.29 is 37.9 Å². The van der Waals surface area contributed by atoms with Gasteiger partial charge >= 0.3 is 19.8 Å². The van der Waals surface area contributed by atoms with Gasteiger partial charge in [-0.2, -0.15) is 0 Å². The summed E-state index contributed by atoms with van der Waals surface area (Å²) in [6.07, 6.45) is 13.4. The minimum absolute atomic E-state index is 0.212. The molecule has 8 nitrogen and oxygen atoms in total. The van der Waals surface area contributed by atoms with Crippen molar-refractivity contribution in [1.82, 2.24) is 0 Å². The van der Waals surface area contributed by atoms with Crippen molar-refractivity contribution in [2.24, 2.45) is 0 Å². The second-order valence-corrected chi connectivity index (χ2v) is 8.58. The number of phosphoric ester groups is 1. The summed E-state index contributed by atoms with van der Waals surface area (Å²) in [6, 6.07) is 0. The van der Waals surface area contributed by atoms with Crippen molar-refractivity contribution in [1.29, 1.82) is 0 Å². The molecule has 0 saturated heterocycles. The molecule has 0 fully saturated rings. The van der Waals surface area contributed by atoms with Crippen molar-refractivity contribution in [2.45, 2.75) is 103 Å². The number of carbonyl (C=O) groups is 2. The summed E-state index contributed by atoms with van der Waals surface area (Å²) in [5.41, 5.74) is 0. The van der Waals surface area contributed by atoms with Gasteiger partial charge in [0.2, 0.25) is 0 Å². The highest BCUT2D eigenvalue weighted by molar-refractivity contribution is 7.46. The van der Waals surface area contributed by atoms with Gasteiger partial charge < -0.3 is 19.3 Å². The first-order valence-electron chi connectivity index (χ1n) is 10.8. The maximum absolute atomic E-state index is 11.9. The first-order valence-corrected chi connectivity index (χ1v) is 12.3. The molecule has 0 rings (SSSR count). The molecule has 9 heteroatoms. The lowest BCUT2D eigenvalue weighted by Gasteiger charge is -2.18. The van der Waals surface area contributed by atoms with Crippen LogP contribution in [-0.4, -0.2) is 41.0 Å².